The van der Waals surface area contributed by atoms with Crippen LogP contribution in [0.3, 0.4) is 0 Å². The Morgan fingerprint density at radius 1 is 1.78 bits per heavy atom. The number of rotatable bonds is 3. The molecular weight excluding hydrogens is 110 g/mol. The molecule has 0 heterocycles. The Morgan fingerprint density at radius 2 is 2.33 bits per heavy atom. The highest BCUT2D eigenvalue weighted by Gasteiger charge is 2.28. The summed E-state index contributed by atoms with van der Waals surface area (Å²) in [7, 11) is 0. The fourth-order valence-electron chi connectivity index (χ4n) is 1.12. The molecule has 9 heavy (non-hydrogen) atoms. The lowest BCUT2D eigenvalue weighted by Gasteiger charge is -2.10. The molecule has 0 aromatic heterocycles. The van der Waals surface area contributed by atoms with Gasteiger partial charge in [-0.2, -0.15) is 0 Å². The molecule has 2 N–H and O–H groups in total. The van der Waals surface area contributed by atoms with Gasteiger partial charge in [-0.3, -0.25) is 0 Å². The van der Waals surface area contributed by atoms with Gasteiger partial charge in [0.2, 0.25) is 0 Å². The molecular formula is C8H15N. The van der Waals surface area contributed by atoms with Crippen LogP contribution in [-0.4, -0.2) is 6.54 Å². The van der Waals surface area contributed by atoms with Crippen LogP contribution >= 0.6 is 0 Å². The molecule has 1 heteroatoms. The first-order chi connectivity index (χ1) is 4.25. The van der Waals surface area contributed by atoms with Crippen molar-refractivity contribution >= 4 is 0 Å². The normalized spacial score (nSPS) is 21.6. The highest BCUT2D eigenvalue weighted by atomic mass is 14.5. The summed E-state index contributed by atoms with van der Waals surface area (Å²) in [6.45, 7) is 6.80. The minimum absolute atomic E-state index is 0.664. The first-order valence-electron chi connectivity index (χ1n) is 3.63. The van der Waals surface area contributed by atoms with Gasteiger partial charge >= 0.3 is 0 Å². The minimum atomic E-state index is 0.664. The van der Waals surface area contributed by atoms with Crippen LogP contribution in [0.1, 0.15) is 19.8 Å². The van der Waals surface area contributed by atoms with Gasteiger partial charge in [-0.25, -0.2) is 0 Å². The Bertz CT molecular complexity index is 114. The molecule has 1 aliphatic rings. The molecule has 52 valence electrons. The third-order valence-electron chi connectivity index (χ3n) is 2.24. The third-order valence-corrected chi connectivity index (χ3v) is 2.24. The molecule has 0 aliphatic heterocycles. The fourth-order valence-corrected chi connectivity index (χ4v) is 1.12. The van der Waals surface area contributed by atoms with Crippen molar-refractivity contribution in [3.8, 4) is 0 Å². The van der Waals surface area contributed by atoms with E-state index in [1.165, 1.54) is 18.4 Å². The van der Waals surface area contributed by atoms with Gasteiger partial charge in [-0.15, -0.1) is 0 Å². The third kappa shape index (κ3) is 1.55. The maximum absolute atomic E-state index is 5.44. The van der Waals surface area contributed by atoms with Gasteiger partial charge in [-0.05, 0) is 24.7 Å². The van der Waals surface area contributed by atoms with Gasteiger partial charge in [0.25, 0.3) is 0 Å². The number of hydrogen-bond donors (Lipinski definition) is 1. The number of nitrogens with two attached hydrogens (primary N) is 1. The summed E-state index contributed by atoms with van der Waals surface area (Å²) in [5.74, 6) is 1.59. The van der Waals surface area contributed by atoms with E-state index in [0.29, 0.717) is 12.5 Å². The van der Waals surface area contributed by atoms with E-state index in [2.05, 4.69) is 13.5 Å². The van der Waals surface area contributed by atoms with E-state index in [1.807, 2.05) is 0 Å². The Labute approximate surface area is 56.9 Å². The molecule has 0 aromatic rings. The second-order valence-corrected chi connectivity index (χ2v) is 2.99. The average Bonchev–Trinajstić information content (AvgIpc) is 2.66. The van der Waals surface area contributed by atoms with Crippen molar-refractivity contribution in [2.45, 2.75) is 19.8 Å². The lowest BCUT2D eigenvalue weighted by molar-refractivity contribution is 0.584. The van der Waals surface area contributed by atoms with E-state index in [4.69, 9.17) is 5.73 Å². The van der Waals surface area contributed by atoms with Crippen molar-refractivity contribution < 1.29 is 0 Å². The quantitative estimate of drug-likeness (QED) is 0.569. The molecule has 1 aliphatic carbocycles. The molecule has 1 atom stereocenters. The summed E-state index contributed by atoms with van der Waals surface area (Å²) in [6, 6.07) is 0. The van der Waals surface area contributed by atoms with Crippen LogP contribution in [-0.2, 0) is 0 Å². The zero-order chi connectivity index (χ0) is 6.85. The predicted octanol–water partition coefficient (Wildman–Crippen LogP) is 1.55. The minimum Gasteiger partial charge on any atom is -0.327 e. The van der Waals surface area contributed by atoms with Crippen molar-refractivity contribution in [3.63, 3.8) is 0 Å². The maximum Gasteiger partial charge on any atom is 0.0136 e. The Balaban J connectivity index is 2.30. The summed E-state index contributed by atoms with van der Waals surface area (Å²) >= 11 is 0. The monoisotopic (exact) mass is 125 g/mol. The summed E-state index contributed by atoms with van der Waals surface area (Å²) in [4.78, 5) is 0. The highest BCUT2D eigenvalue weighted by Crippen LogP contribution is 2.39. The molecule has 1 rings (SSSR count). The van der Waals surface area contributed by atoms with Gasteiger partial charge in [-0.1, -0.05) is 19.1 Å². The maximum atomic E-state index is 5.44. The van der Waals surface area contributed by atoms with Gasteiger partial charge < -0.3 is 5.73 Å². The molecule has 0 saturated heterocycles. The second-order valence-electron chi connectivity index (χ2n) is 2.99. The molecule has 1 nitrogen and oxygen atoms in total. The first-order valence-corrected chi connectivity index (χ1v) is 3.63. The topological polar surface area (TPSA) is 26.0 Å². The average molecular weight is 125 g/mol. The van der Waals surface area contributed by atoms with Gasteiger partial charge in [0.05, 0.1) is 0 Å². The second kappa shape index (κ2) is 2.53. The smallest absolute Gasteiger partial charge is 0.0136 e. The zero-order valence-electron chi connectivity index (χ0n) is 6.06. The van der Waals surface area contributed by atoms with E-state index in [9.17, 15) is 0 Å². The Kier molecular flexibility index (Phi) is 1.91. The number of hydrogen-bond acceptors (Lipinski definition) is 1. The van der Waals surface area contributed by atoms with E-state index in [1.54, 1.807) is 0 Å². The van der Waals surface area contributed by atoms with Crippen molar-refractivity contribution in [2.75, 3.05) is 6.54 Å². The Hall–Kier alpha value is -0.300. The first kappa shape index (κ1) is 6.81. The van der Waals surface area contributed by atoms with Gasteiger partial charge in [0, 0.05) is 6.54 Å². The standard InChI is InChI=1S/C8H15N/c1-6(5-9)7(2)8-3-4-8/h7-8H,1,3-5,9H2,2H3. The summed E-state index contributed by atoms with van der Waals surface area (Å²) in [5.41, 5.74) is 6.66. The van der Waals surface area contributed by atoms with E-state index in [-0.39, 0.29) is 0 Å². The van der Waals surface area contributed by atoms with Crippen molar-refractivity contribution in [1.82, 2.24) is 0 Å². The Morgan fingerprint density at radius 3 is 2.67 bits per heavy atom. The van der Waals surface area contributed by atoms with E-state index >= 15 is 0 Å². The van der Waals surface area contributed by atoms with E-state index in [0.717, 1.165) is 5.92 Å². The van der Waals surface area contributed by atoms with Crippen LogP contribution in [0.5, 0.6) is 0 Å². The fraction of sp³-hybridized carbons (Fsp3) is 0.750. The SMILES string of the molecule is C=C(CN)C(C)C1CC1. The molecule has 1 unspecified atom stereocenters. The predicted molar refractivity (Wildman–Crippen MR) is 40.1 cm³/mol. The van der Waals surface area contributed by atoms with Crippen molar-refractivity contribution in [3.05, 3.63) is 12.2 Å². The highest BCUT2D eigenvalue weighted by molar-refractivity contribution is 5.05. The molecule has 1 saturated carbocycles. The molecule has 0 bridgehead atoms. The van der Waals surface area contributed by atoms with Gasteiger partial charge in [0.1, 0.15) is 0 Å². The lowest BCUT2D eigenvalue weighted by Crippen LogP contribution is -2.10. The van der Waals surface area contributed by atoms with Crippen LogP contribution in [0.25, 0.3) is 0 Å². The van der Waals surface area contributed by atoms with Crippen LogP contribution in [0.4, 0.5) is 0 Å². The summed E-state index contributed by atoms with van der Waals surface area (Å²) in [5, 5.41) is 0. The largest absolute Gasteiger partial charge is 0.327 e. The van der Waals surface area contributed by atoms with Crippen molar-refractivity contribution in [1.29, 1.82) is 0 Å². The van der Waals surface area contributed by atoms with E-state index < -0.39 is 0 Å². The van der Waals surface area contributed by atoms with Crippen LogP contribution < -0.4 is 5.73 Å². The van der Waals surface area contributed by atoms with Crippen LogP contribution in [0.2, 0.25) is 0 Å². The summed E-state index contributed by atoms with van der Waals surface area (Å²) in [6.07, 6.45) is 2.78. The van der Waals surface area contributed by atoms with Crippen LogP contribution in [0.15, 0.2) is 12.2 Å². The molecule has 0 amide bonds. The molecule has 0 spiro atoms. The molecule has 0 aromatic carbocycles. The van der Waals surface area contributed by atoms with Crippen LogP contribution in [0, 0.1) is 11.8 Å². The lowest BCUT2D eigenvalue weighted by atomic mass is 9.98. The van der Waals surface area contributed by atoms with Crippen molar-refractivity contribution in [2.24, 2.45) is 17.6 Å². The molecule has 0 radical (unpaired) electrons. The summed E-state index contributed by atoms with van der Waals surface area (Å²) < 4.78 is 0. The zero-order valence-corrected chi connectivity index (χ0v) is 6.06. The van der Waals surface area contributed by atoms with Gasteiger partial charge in [0.15, 0.2) is 0 Å². The molecule has 1 fully saturated rings.